The SMILES string of the molecule is FC(F)(F)Oc1ccc(CC2(CCl)CCCCC2)cc1. The van der Waals surface area contributed by atoms with Gasteiger partial charge in [0.15, 0.2) is 0 Å². The van der Waals surface area contributed by atoms with Crippen LogP contribution in [0.15, 0.2) is 24.3 Å². The van der Waals surface area contributed by atoms with Crippen molar-refractivity contribution in [3.63, 3.8) is 0 Å². The van der Waals surface area contributed by atoms with Gasteiger partial charge in [-0.25, -0.2) is 0 Å². The van der Waals surface area contributed by atoms with Crippen LogP contribution < -0.4 is 4.74 Å². The molecule has 0 N–H and O–H groups in total. The van der Waals surface area contributed by atoms with Gasteiger partial charge in [-0.1, -0.05) is 31.4 Å². The van der Waals surface area contributed by atoms with Crippen LogP contribution >= 0.6 is 11.6 Å². The monoisotopic (exact) mass is 306 g/mol. The summed E-state index contributed by atoms with van der Waals surface area (Å²) >= 11 is 6.13. The Hall–Kier alpha value is -0.900. The fourth-order valence-corrected chi connectivity index (χ4v) is 3.26. The highest BCUT2D eigenvalue weighted by molar-refractivity contribution is 6.18. The van der Waals surface area contributed by atoms with Crippen LogP contribution in [0.5, 0.6) is 5.75 Å². The van der Waals surface area contributed by atoms with Gasteiger partial charge in [0, 0.05) is 5.88 Å². The summed E-state index contributed by atoms with van der Waals surface area (Å²) in [6, 6.07) is 6.13. The molecule has 0 radical (unpaired) electrons. The van der Waals surface area contributed by atoms with Crippen molar-refractivity contribution in [2.24, 2.45) is 5.41 Å². The molecule has 2 rings (SSSR count). The highest BCUT2D eigenvalue weighted by Crippen LogP contribution is 2.40. The van der Waals surface area contributed by atoms with Gasteiger partial charge in [0.05, 0.1) is 0 Å². The van der Waals surface area contributed by atoms with Crippen molar-refractivity contribution in [2.75, 3.05) is 5.88 Å². The molecule has 0 amide bonds. The normalized spacial score (nSPS) is 18.8. The zero-order chi connectivity index (χ0) is 14.6. The van der Waals surface area contributed by atoms with Crippen molar-refractivity contribution >= 4 is 11.6 Å². The molecule has 0 spiro atoms. The van der Waals surface area contributed by atoms with Gasteiger partial charge in [0.25, 0.3) is 0 Å². The van der Waals surface area contributed by atoms with Crippen molar-refractivity contribution < 1.29 is 17.9 Å². The maximum Gasteiger partial charge on any atom is 0.573 e. The van der Waals surface area contributed by atoms with Crippen LogP contribution in [-0.4, -0.2) is 12.2 Å². The molecular formula is C15H18ClF3O. The van der Waals surface area contributed by atoms with Gasteiger partial charge in [-0.2, -0.15) is 0 Å². The Bertz CT molecular complexity index is 422. The Morgan fingerprint density at radius 3 is 2.15 bits per heavy atom. The average molecular weight is 307 g/mol. The molecule has 0 unspecified atom stereocenters. The zero-order valence-electron chi connectivity index (χ0n) is 11.2. The van der Waals surface area contributed by atoms with Gasteiger partial charge < -0.3 is 4.74 Å². The van der Waals surface area contributed by atoms with E-state index in [4.69, 9.17) is 11.6 Å². The van der Waals surface area contributed by atoms with Gasteiger partial charge in [0.2, 0.25) is 0 Å². The summed E-state index contributed by atoms with van der Waals surface area (Å²) in [6.07, 6.45) is 1.99. The minimum atomic E-state index is -4.64. The average Bonchev–Trinajstić information content (AvgIpc) is 2.40. The number of hydrogen-bond donors (Lipinski definition) is 0. The first kappa shape index (κ1) is 15.5. The molecule has 0 heterocycles. The smallest absolute Gasteiger partial charge is 0.406 e. The molecule has 1 aromatic rings. The number of hydrogen-bond acceptors (Lipinski definition) is 1. The van der Waals surface area contributed by atoms with Crippen LogP contribution in [0, 0.1) is 5.41 Å². The number of benzene rings is 1. The van der Waals surface area contributed by atoms with E-state index in [1.807, 2.05) is 0 Å². The third-order valence-electron chi connectivity index (χ3n) is 3.93. The number of ether oxygens (including phenoxy) is 1. The number of alkyl halides is 4. The van der Waals surface area contributed by atoms with E-state index in [1.54, 1.807) is 12.1 Å². The predicted molar refractivity (Wildman–Crippen MR) is 73.1 cm³/mol. The van der Waals surface area contributed by atoms with Crippen molar-refractivity contribution in [2.45, 2.75) is 44.9 Å². The van der Waals surface area contributed by atoms with Gasteiger partial charge in [-0.3, -0.25) is 0 Å². The van der Waals surface area contributed by atoms with E-state index in [2.05, 4.69) is 4.74 Å². The molecule has 0 aliphatic heterocycles. The molecule has 1 aromatic carbocycles. The molecule has 112 valence electrons. The first-order valence-electron chi connectivity index (χ1n) is 6.83. The van der Waals surface area contributed by atoms with Gasteiger partial charge in [0.1, 0.15) is 5.75 Å². The van der Waals surface area contributed by atoms with E-state index >= 15 is 0 Å². The second-order valence-corrected chi connectivity index (χ2v) is 5.83. The molecule has 0 aromatic heterocycles. The number of halogens is 4. The summed E-state index contributed by atoms with van der Waals surface area (Å²) in [4.78, 5) is 0. The van der Waals surface area contributed by atoms with Crippen LogP contribution in [0.3, 0.4) is 0 Å². The molecule has 1 aliphatic carbocycles. The van der Waals surface area contributed by atoms with Crippen LogP contribution in [0.1, 0.15) is 37.7 Å². The molecular weight excluding hydrogens is 289 g/mol. The fourth-order valence-electron chi connectivity index (χ4n) is 2.90. The van der Waals surface area contributed by atoms with E-state index in [9.17, 15) is 13.2 Å². The quantitative estimate of drug-likeness (QED) is 0.684. The van der Waals surface area contributed by atoms with E-state index in [-0.39, 0.29) is 11.2 Å². The van der Waals surface area contributed by atoms with Gasteiger partial charge >= 0.3 is 6.36 Å². The Morgan fingerprint density at radius 2 is 1.65 bits per heavy atom. The van der Waals surface area contributed by atoms with Crippen molar-refractivity contribution in [1.29, 1.82) is 0 Å². The Labute approximate surface area is 122 Å². The second kappa shape index (κ2) is 6.25. The maximum absolute atomic E-state index is 12.1. The first-order chi connectivity index (χ1) is 9.42. The largest absolute Gasteiger partial charge is 0.573 e. The van der Waals surface area contributed by atoms with Crippen molar-refractivity contribution in [3.05, 3.63) is 29.8 Å². The first-order valence-corrected chi connectivity index (χ1v) is 7.37. The lowest BCUT2D eigenvalue weighted by Gasteiger charge is -2.35. The van der Waals surface area contributed by atoms with Crippen molar-refractivity contribution in [1.82, 2.24) is 0 Å². The van der Waals surface area contributed by atoms with Gasteiger partial charge in [-0.15, -0.1) is 24.8 Å². The summed E-state index contributed by atoms with van der Waals surface area (Å²) in [5.41, 5.74) is 1.12. The lowest BCUT2D eigenvalue weighted by Crippen LogP contribution is -2.28. The van der Waals surface area contributed by atoms with Crippen LogP contribution in [0.2, 0.25) is 0 Å². The van der Waals surface area contributed by atoms with E-state index in [0.29, 0.717) is 5.88 Å². The number of rotatable bonds is 4. The maximum atomic E-state index is 12.1. The lowest BCUT2D eigenvalue weighted by atomic mass is 9.72. The lowest BCUT2D eigenvalue weighted by molar-refractivity contribution is -0.274. The molecule has 0 atom stereocenters. The molecule has 1 aliphatic rings. The highest BCUT2D eigenvalue weighted by Gasteiger charge is 2.32. The zero-order valence-corrected chi connectivity index (χ0v) is 11.9. The topological polar surface area (TPSA) is 9.23 Å². The minimum absolute atomic E-state index is 0.103. The van der Waals surface area contributed by atoms with Gasteiger partial charge in [-0.05, 0) is 42.4 Å². The third-order valence-corrected chi connectivity index (χ3v) is 4.50. The minimum Gasteiger partial charge on any atom is -0.406 e. The highest BCUT2D eigenvalue weighted by atomic mass is 35.5. The van der Waals surface area contributed by atoms with E-state index in [1.165, 1.54) is 31.4 Å². The summed E-state index contributed by atoms with van der Waals surface area (Å²) in [7, 11) is 0. The summed E-state index contributed by atoms with van der Waals surface area (Å²) < 4.78 is 40.1. The Morgan fingerprint density at radius 1 is 1.05 bits per heavy atom. The summed E-state index contributed by atoms with van der Waals surface area (Å²) in [5.74, 6) is 0.429. The van der Waals surface area contributed by atoms with E-state index in [0.717, 1.165) is 24.8 Å². The second-order valence-electron chi connectivity index (χ2n) is 5.56. The Kier molecular flexibility index (Phi) is 4.84. The summed E-state index contributed by atoms with van der Waals surface area (Å²) in [5, 5.41) is 0. The standard InChI is InChI=1S/C15H18ClF3O/c16-11-14(8-2-1-3-9-14)10-12-4-6-13(7-5-12)20-15(17,18)19/h4-7H,1-3,8-11H2. The molecule has 1 nitrogen and oxygen atoms in total. The van der Waals surface area contributed by atoms with Crippen LogP contribution in [-0.2, 0) is 6.42 Å². The molecule has 0 bridgehead atoms. The van der Waals surface area contributed by atoms with Crippen molar-refractivity contribution in [3.8, 4) is 5.75 Å². The summed E-state index contributed by atoms with van der Waals surface area (Å²) in [6.45, 7) is 0. The molecule has 5 heteroatoms. The van der Waals surface area contributed by atoms with Crippen LogP contribution in [0.4, 0.5) is 13.2 Å². The third kappa shape index (κ3) is 4.30. The van der Waals surface area contributed by atoms with E-state index < -0.39 is 6.36 Å². The Balaban J connectivity index is 2.02. The molecule has 0 saturated heterocycles. The fraction of sp³-hybridized carbons (Fsp3) is 0.600. The predicted octanol–water partition coefficient (Wildman–Crippen LogP) is 5.32. The van der Waals surface area contributed by atoms with Crippen LogP contribution in [0.25, 0.3) is 0 Å². The molecule has 20 heavy (non-hydrogen) atoms. The molecule has 1 fully saturated rings. The molecule has 1 saturated carbocycles.